The van der Waals surface area contributed by atoms with E-state index in [1.807, 2.05) is 24.3 Å². The van der Waals surface area contributed by atoms with Crippen molar-refractivity contribution in [2.24, 2.45) is 0 Å². The molecule has 5 nitrogen and oxygen atoms in total. The van der Waals surface area contributed by atoms with Gasteiger partial charge in [-0.2, -0.15) is 0 Å². The molecule has 0 atom stereocenters. The maximum Gasteiger partial charge on any atom is 0.270 e. The fourth-order valence-corrected chi connectivity index (χ4v) is 2.94. The largest absolute Gasteiger partial charge is 0.348 e. The van der Waals surface area contributed by atoms with E-state index in [4.69, 9.17) is 0 Å². The van der Waals surface area contributed by atoms with E-state index in [1.54, 1.807) is 12.3 Å². The Morgan fingerprint density at radius 3 is 2.73 bits per heavy atom. The maximum absolute atomic E-state index is 12.2. The molecule has 0 saturated heterocycles. The highest BCUT2D eigenvalue weighted by molar-refractivity contribution is 9.10. The molecule has 1 aromatic carbocycles. The van der Waals surface area contributed by atoms with Gasteiger partial charge in [0.25, 0.3) is 5.91 Å². The lowest BCUT2D eigenvalue weighted by Crippen LogP contribution is -2.33. The van der Waals surface area contributed by atoms with E-state index < -0.39 is 0 Å². The first kappa shape index (κ1) is 15.0. The summed E-state index contributed by atoms with van der Waals surface area (Å²) in [6, 6.07) is 9.61. The predicted molar refractivity (Wildman–Crippen MR) is 89.2 cm³/mol. The molecule has 0 spiro atoms. The fourth-order valence-electron chi connectivity index (χ4n) is 2.56. The van der Waals surface area contributed by atoms with E-state index in [1.165, 1.54) is 12.8 Å². The number of aromatic nitrogens is 2. The van der Waals surface area contributed by atoms with Gasteiger partial charge in [-0.25, -0.2) is 9.97 Å². The van der Waals surface area contributed by atoms with Crippen LogP contribution >= 0.6 is 15.9 Å². The summed E-state index contributed by atoms with van der Waals surface area (Å²) in [5, 5.41) is 6.14. The summed E-state index contributed by atoms with van der Waals surface area (Å²) in [5.41, 5.74) is 1.24. The molecule has 1 amide bonds. The molecule has 1 aromatic heterocycles. The van der Waals surface area contributed by atoms with Crippen LogP contribution in [-0.4, -0.2) is 21.9 Å². The van der Waals surface area contributed by atoms with Gasteiger partial charge >= 0.3 is 0 Å². The number of anilines is 2. The van der Waals surface area contributed by atoms with E-state index in [-0.39, 0.29) is 11.9 Å². The van der Waals surface area contributed by atoms with Gasteiger partial charge in [-0.05, 0) is 47.0 Å². The average Bonchev–Trinajstić information content (AvgIpc) is 3.03. The first-order valence-electron chi connectivity index (χ1n) is 7.38. The summed E-state index contributed by atoms with van der Waals surface area (Å²) in [6.45, 7) is 0. The van der Waals surface area contributed by atoms with Gasteiger partial charge in [0.1, 0.15) is 5.69 Å². The quantitative estimate of drug-likeness (QED) is 0.872. The second-order valence-corrected chi connectivity index (χ2v) is 6.18. The van der Waals surface area contributed by atoms with Crippen LogP contribution in [-0.2, 0) is 0 Å². The van der Waals surface area contributed by atoms with Crippen molar-refractivity contribution in [3.8, 4) is 0 Å². The SMILES string of the molecule is O=C(NC1CCCC1)c1ccnc(Nc2ccccc2Br)n1. The molecule has 1 heterocycles. The number of hydrogen-bond acceptors (Lipinski definition) is 4. The molecular formula is C16H17BrN4O. The summed E-state index contributed by atoms with van der Waals surface area (Å²) >= 11 is 3.46. The van der Waals surface area contributed by atoms with Crippen molar-refractivity contribution in [2.45, 2.75) is 31.7 Å². The molecule has 6 heteroatoms. The van der Waals surface area contributed by atoms with E-state index in [2.05, 4.69) is 36.5 Å². The van der Waals surface area contributed by atoms with Gasteiger partial charge in [-0.15, -0.1) is 0 Å². The number of carbonyl (C=O) groups is 1. The number of halogens is 1. The molecule has 22 heavy (non-hydrogen) atoms. The summed E-state index contributed by atoms with van der Waals surface area (Å²) in [7, 11) is 0. The minimum absolute atomic E-state index is 0.135. The van der Waals surface area contributed by atoms with Gasteiger partial charge in [0.2, 0.25) is 5.95 Å². The molecule has 0 radical (unpaired) electrons. The highest BCUT2D eigenvalue weighted by Crippen LogP contribution is 2.23. The van der Waals surface area contributed by atoms with Gasteiger partial charge < -0.3 is 10.6 Å². The summed E-state index contributed by atoms with van der Waals surface area (Å²) < 4.78 is 0.916. The maximum atomic E-state index is 12.2. The lowest BCUT2D eigenvalue weighted by Gasteiger charge is -2.12. The number of nitrogens with zero attached hydrogens (tertiary/aromatic N) is 2. The molecule has 0 bridgehead atoms. The molecule has 3 rings (SSSR count). The summed E-state index contributed by atoms with van der Waals surface area (Å²) in [4.78, 5) is 20.7. The molecular weight excluding hydrogens is 344 g/mol. The highest BCUT2D eigenvalue weighted by atomic mass is 79.9. The van der Waals surface area contributed by atoms with Crippen LogP contribution in [0.5, 0.6) is 0 Å². The van der Waals surface area contributed by atoms with E-state index in [0.717, 1.165) is 23.0 Å². The Kier molecular flexibility index (Phi) is 4.68. The number of amides is 1. The third kappa shape index (κ3) is 3.62. The number of benzene rings is 1. The molecule has 1 aliphatic carbocycles. The third-order valence-corrected chi connectivity index (χ3v) is 4.39. The van der Waals surface area contributed by atoms with Crippen LogP contribution in [0.15, 0.2) is 41.0 Å². The first-order valence-corrected chi connectivity index (χ1v) is 8.17. The molecule has 1 fully saturated rings. The van der Waals surface area contributed by atoms with Crippen LogP contribution in [0.1, 0.15) is 36.2 Å². The molecule has 1 aliphatic rings. The number of nitrogens with one attached hydrogen (secondary N) is 2. The minimum Gasteiger partial charge on any atom is -0.348 e. The zero-order chi connectivity index (χ0) is 15.4. The molecule has 2 aromatic rings. The van der Waals surface area contributed by atoms with Crippen LogP contribution < -0.4 is 10.6 Å². The van der Waals surface area contributed by atoms with Gasteiger partial charge in [0.05, 0.1) is 5.69 Å². The van der Waals surface area contributed by atoms with Gasteiger partial charge in [-0.3, -0.25) is 4.79 Å². The number of carbonyl (C=O) groups excluding carboxylic acids is 1. The Bertz CT molecular complexity index is 671. The van der Waals surface area contributed by atoms with Crippen LogP contribution in [0.4, 0.5) is 11.6 Å². The van der Waals surface area contributed by atoms with Crippen molar-refractivity contribution in [1.82, 2.24) is 15.3 Å². The van der Waals surface area contributed by atoms with E-state index in [0.29, 0.717) is 11.6 Å². The zero-order valence-electron chi connectivity index (χ0n) is 12.1. The van der Waals surface area contributed by atoms with Crippen molar-refractivity contribution >= 4 is 33.5 Å². The Labute approximate surface area is 137 Å². The molecule has 2 N–H and O–H groups in total. The predicted octanol–water partition coefficient (Wildman–Crippen LogP) is 3.66. The number of rotatable bonds is 4. The standard InChI is InChI=1S/C16H17BrN4O/c17-12-7-3-4-8-13(12)20-16-18-10-9-14(21-16)15(22)19-11-5-1-2-6-11/h3-4,7-11H,1-2,5-6H2,(H,19,22)(H,18,20,21). The number of para-hydroxylation sites is 1. The molecule has 1 saturated carbocycles. The van der Waals surface area contributed by atoms with E-state index in [9.17, 15) is 4.79 Å². The number of hydrogen-bond donors (Lipinski definition) is 2. The summed E-state index contributed by atoms with van der Waals surface area (Å²) in [5.74, 6) is 0.274. The van der Waals surface area contributed by atoms with Gasteiger partial charge in [0.15, 0.2) is 0 Å². The minimum atomic E-state index is -0.135. The summed E-state index contributed by atoms with van der Waals surface area (Å²) in [6.07, 6.45) is 6.07. The molecule has 114 valence electrons. The second kappa shape index (κ2) is 6.87. The topological polar surface area (TPSA) is 66.9 Å². The third-order valence-electron chi connectivity index (χ3n) is 3.70. The zero-order valence-corrected chi connectivity index (χ0v) is 13.6. The Morgan fingerprint density at radius 1 is 1.18 bits per heavy atom. The van der Waals surface area contributed by atoms with Crippen LogP contribution in [0.3, 0.4) is 0 Å². The van der Waals surface area contributed by atoms with Gasteiger partial charge in [0, 0.05) is 16.7 Å². The normalized spacial score (nSPS) is 14.8. The lowest BCUT2D eigenvalue weighted by atomic mass is 10.2. The smallest absolute Gasteiger partial charge is 0.270 e. The molecule has 0 unspecified atom stereocenters. The first-order chi connectivity index (χ1) is 10.7. The highest BCUT2D eigenvalue weighted by Gasteiger charge is 2.19. The molecule has 0 aliphatic heterocycles. The van der Waals surface area contributed by atoms with Crippen LogP contribution in [0, 0.1) is 0 Å². The van der Waals surface area contributed by atoms with Gasteiger partial charge in [-0.1, -0.05) is 25.0 Å². The van der Waals surface area contributed by atoms with Crippen molar-refractivity contribution < 1.29 is 4.79 Å². The lowest BCUT2D eigenvalue weighted by molar-refractivity contribution is 0.0933. The Balaban J connectivity index is 1.72. The van der Waals surface area contributed by atoms with Crippen LogP contribution in [0.2, 0.25) is 0 Å². The monoisotopic (exact) mass is 360 g/mol. The van der Waals surface area contributed by atoms with Crippen molar-refractivity contribution in [3.05, 3.63) is 46.7 Å². The average molecular weight is 361 g/mol. The van der Waals surface area contributed by atoms with Crippen molar-refractivity contribution in [3.63, 3.8) is 0 Å². The Hall–Kier alpha value is -1.95. The van der Waals surface area contributed by atoms with Crippen molar-refractivity contribution in [2.75, 3.05) is 5.32 Å². The van der Waals surface area contributed by atoms with E-state index >= 15 is 0 Å². The fraction of sp³-hybridized carbons (Fsp3) is 0.312. The Morgan fingerprint density at radius 2 is 1.95 bits per heavy atom. The second-order valence-electron chi connectivity index (χ2n) is 5.33. The van der Waals surface area contributed by atoms with Crippen LogP contribution in [0.25, 0.3) is 0 Å². The van der Waals surface area contributed by atoms with Crippen molar-refractivity contribution in [1.29, 1.82) is 0 Å².